The van der Waals surface area contributed by atoms with Gasteiger partial charge in [-0.3, -0.25) is 4.79 Å². The highest BCUT2D eigenvalue weighted by Gasteiger charge is 2.37. The Kier molecular flexibility index (Phi) is 8.13. The van der Waals surface area contributed by atoms with Crippen LogP contribution in [0.15, 0.2) is 12.7 Å². The summed E-state index contributed by atoms with van der Waals surface area (Å²) in [5, 5.41) is 9.89. The number of hydrogen-bond donors (Lipinski definition) is 1. The van der Waals surface area contributed by atoms with E-state index in [1.54, 1.807) is 6.08 Å². The average molecular weight is 316 g/mol. The third-order valence-corrected chi connectivity index (χ3v) is 5.35. The van der Waals surface area contributed by atoms with Crippen LogP contribution in [0.25, 0.3) is 0 Å². The van der Waals surface area contributed by atoms with Crippen molar-refractivity contribution in [1.29, 1.82) is 0 Å². The Morgan fingerprint density at radius 1 is 1.33 bits per heavy atom. The van der Waals surface area contributed by atoms with Crippen LogP contribution in [0.2, 0.25) is 0 Å². The summed E-state index contributed by atoms with van der Waals surface area (Å²) in [5.41, 5.74) is -0.721. The van der Waals surface area contributed by atoms with Gasteiger partial charge in [-0.1, -0.05) is 33.8 Å². The molecule has 0 spiro atoms. The Morgan fingerprint density at radius 2 is 1.90 bits per heavy atom. The van der Waals surface area contributed by atoms with Crippen molar-refractivity contribution in [2.45, 2.75) is 71.1 Å². The van der Waals surface area contributed by atoms with Crippen LogP contribution < -0.4 is 0 Å². The topological polar surface area (TPSA) is 46.5 Å². The third-order valence-electron chi connectivity index (χ3n) is 3.87. The second-order valence-electron chi connectivity index (χ2n) is 7.28. The molecule has 0 amide bonds. The van der Waals surface area contributed by atoms with Gasteiger partial charge in [0.25, 0.3) is 0 Å². The molecule has 1 N–H and O–H groups in total. The molecule has 3 unspecified atom stereocenters. The van der Waals surface area contributed by atoms with Crippen molar-refractivity contribution < 1.29 is 14.6 Å². The molecular formula is C17H33O3P. The zero-order valence-corrected chi connectivity index (χ0v) is 15.6. The molecule has 0 aliphatic rings. The first-order chi connectivity index (χ1) is 9.52. The van der Waals surface area contributed by atoms with Gasteiger partial charge in [0.05, 0.1) is 17.4 Å². The number of rotatable bonds is 9. The lowest BCUT2D eigenvalue weighted by Crippen LogP contribution is -2.37. The predicted octanol–water partition coefficient (Wildman–Crippen LogP) is 4.14. The van der Waals surface area contributed by atoms with Gasteiger partial charge < -0.3 is 9.84 Å². The van der Waals surface area contributed by atoms with Crippen LogP contribution in [0, 0.1) is 5.41 Å². The van der Waals surface area contributed by atoms with E-state index < -0.39 is 10.8 Å². The fraction of sp³-hybridized carbons (Fsp3) is 0.824. The van der Waals surface area contributed by atoms with Crippen LogP contribution in [-0.4, -0.2) is 35.1 Å². The first kappa shape index (κ1) is 20.6. The Hall–Kier alpha value is -0.400. The highest BCUT2D eigenvalue weighted by atomic mass is 31.1. The number of carbonyl (C=O) groups is 1. The Labute approximate surface area is 132 Å². The molecule has 0 aliphatic heterocycles. The molecule has 0 heterocycles. The highest BCUT2D eigenvalue weighted by molar-refractivity contribution is 7.40. The monoisotopic (exact) mass is 316 g/mol. The normalized spacial score (nSPS) is 18.2. The molecule has 0 aromatic carbocycles. The summed E-state index contributed by atoms with van der Waals surface area (Å²) in [6.45, 7) is 16.3. The molecule has 0 saturated heterocycles. The molecule has 0 aromatic heterocycles. The van der Waals surface area contributed by atoms with Gasteiger partial charge in [0.1, 0.15) is 0 Å². The molecule has 0 aliphatic carbocycles. The van der Waals surface area contributed by atoms with Crippen LogP contribution in [0.4, 0.5) is 0 Å². The molecule has 0 aromatic rings. The van der Waals surface area contributed by atoms with E-state index in [0.717, 1.165) is 6.42 Å². The van der Waals surface area contributed by atoms with Gasteiger partial charge in [-0.15, -0.1) is 15.2 Å². The smallest absolute Gasteiger partial charge is 0.315 e. The van der Waals surface area contributed by atoms with Crippen LogP contribution in [0.1, 0.15) is 60.3 Å². The van der Waals surface area contributed by atoms with E-state index in [2.05, 4.69) is 27.4 Å². The zero-order valence-electron chi connectivity index (χ0n) is 14.6. The second kappa shape index (κ2) is 8.29. The molecule has 4 heteroatoms. The molecule has 3 atom stereocenters. The van der Waals surface area contributed by atoms with Crippen LogP contribution in [0.3, 0.4) is 0 Å². The minimum atomic E-state index is -0.809. The van der Waals surface area contributed by atoms with E-state index in [1.165, 1.54) is 0 Å². The van der Waals surface area contributed by atoms with Crippen molar-refractivity contribution in [3.05, 3.63) is 12.7 Å². The molecule has 124 valence electrons. The van der Waals surface area contributed by atoms with Crippen molar-refractivity contribution in [3.63, 3.8) is 0 Å². The molecule has 0 saturated carbocycles. The molecule has 0 fully saturated rings. The van der Waals surface area contributed by atoms with Gasteiger partial charge in [-0.2, -0.15) is 0 Å². The Morgan fingerprint density at radius 3 is 2.29 bits per heavy atom. The summed E-state index contributed by atoms with van der Waals surface area (Å²) in [5.74, 6) is -0.143. The van der Waals surface area contributed by atoms with Crippen molar-refractivity contribution in [3.8, 4) is 0 Å². The number of carbonyl (C=O) groups excluding carboxylic acids is 1. The Balaban J connectivity index is 4.56. The van der Waals surface area contributed by atoms with Crippen molar-refractivity contribution >= 4 is 14.6 Å². The van der Waals surface area contributed by atoms with E-state index in [4.69, 9.17) is 4.74 Å². The number of esters is 1. The van der Waals surface area contributed by atoms with Gasteiger partial charge >= 0.3 is 5.97 Å². The number of ether oxygens (including phenoxy) is 1. The largest absolute Gasteiger partial charge is 0.465 e. The molecule has 0 bridgehead atoms. The first-order valence-electron chi connectivity index (χ1n) is 7.71. The van der Waals surface area contributed by atoms with Gasteiger partial charge in [-0.25, -0.2) is 0 Å². The molecule has 3 nitrogen and oxygen atoms in total. The quantitative estimate of drug-likeness (QED) is 0.395. The van der Waals surface area contributed by atoms with E-state index in [1.807, 2.05) is 20.5 Å². The van der Waals surface area contributed by atoms with E-state index in [9.17, 15) is 9.90 Å². The number of hydrogen-bond acceptors (Lipinski definition) is 3. The van der Waals surface area contributed by atoms with E-state index >= 15 is 0 Å². The summed E-state index contributed by atoms with van der Waals surface area (Å²) in [4.78, 5) is 12.4. The minimum absolute atomic E-state index is 0.0871. The maximum atomic E-state index is 12.4. The van der Waals surface area contributed by atoms with Gasteiger partial charge in [-0.05, 0) is 38.3 Å². The molecule has 0 radical (unpaired) electrons. The highest BCUT2D eigenvalue weighted by Crippen LogP contribution is 2.40. The maximum absolute atomic E-state index is 12.4. The lowest BCUT2D eigenvalue weighted by atomic mass is 9.85. The predicted molar refractivity (Wildman–Crippen MR) is 92.3 cm³/mol. The molecule has 0 rings (SSSR count). The fourth-order valence-electron chi connectivity index (χ4n) is 2.51. The first-order valence-corrected chi connectivity index (χ1v) is 9.21. The lowest BCUT2D eigenvalue weighted by molar-refractivity contribution is -0.148. The van der Waals surface area contributed by atoms with Crippen LogP contribution in [0.5, 0.6) is 0 Å². The maximum Gasteiger partial charge on any atom is 0.315 e. The average Bonchev–Trinajstić information content (AvgIpc) is 2.36. The van der Waals surface area contributed by atoms with Gasteiger partial charge in [0.15, 0.2) is 0 Å². The second-order valence-corrected chi connectivity index (χ2v) is 8.88. The third kappa shape index (κ3) is 7.42. The summed E-state index contributed by atoms with van der Waals surface area (Å²) in [6.07, 6.45) is 4.13. The molecule has 21 heavy (non-hydrogen) atoms. The standard InChI is InChI=1S/C17H33O3P/c1-8-10-17(19,9-2)11-12-20-14(18)16(6,21-7)13-15(3,4)5/h8,19,21H,1,9-13H2,2-7H3. The fourth-order valence-corrected chi connectivity index (χ4v) is 3.49. The summed E-state index contributed by atoms with van der Waals surface area (Å²) in [7, 11) is 0.501. The molecular weight excluding hydrogens is 283 g/mol. The Bertz CT molecular complexity index is 348. The summed E-state index contributed by atoms with van der Waals surface area (Å²) < 4.78 is 5.46. The minimum Gasteiger partial charge on any atom is -0.465 e. The van der Waals surface area contributed by atoms with Crippen molar-refractivity contribution in [1.82, 2.24) is 0 Å². The van der Waals surface area contributed by atoms with E-state index in [-0.39, 0.29) is 18.0 Å². The van der Waals surface area contributed by atoms with Crippen molar-refractivity contribution in [2.24, 2.45) is 5.41 Å². The number of aliphatic hydroxyl groups is 1. The SMILES string of the molecule is C=CCC(O)(CC)CCOC(=O)C(C)(CC(C)(C)C)PC. The van der Waals surface area contributed by atoms with E-state index in [0.29, 0.717) is 27.8 Å². The van der Waals surface area contributed by atoms with Crippen LogP contribution >= 0.6 is 8.58 Å². The van der Waals surface area contributed by atoms with Crippen molar-refractivity contribution in [2.75, 3.05) is 13.3 Å². The van der Waals surface area contributed by atoms with Gasteiger partial charge in [0, 0.05) is 6.42 Å². The van der Waals surface area contributed by atoms with Gasteiger partial charge in [0.2, 0.25) is 0 Å². The van der Waals surface area contributed by atoms with Crippen LogP contribution in [-0.2, 0) is 9.53 Å². The summed E-state index contributed by atoms with van der Waals surface area (Å²) >= 11 is 0. The summed E-state index contributed by atoms with van der Waals surface area (Å²) in [6, 6.07) is 0. The lowest BCUT2D eigenvalue weighted by Gasteiger charge is -2.33. The zero-order chi connectivity index (χ0) is 16.7.